The summed E-state index contributed by atoms with van der Waals surface area (Å²) in [6.45, 7) is 2.81. The van der Waals surface area contributed by atoms with Crippen LogP contribution in [0.1, 0.15) is 37.0 Å². The van der Waals surface area contributed by atoms with Gasteiger partial charge in [0.15, 0.2) is 29.0 Å². The number of ether oxygens (including phenoxy) is 4. The Labute approximate surface area is 220 Å². The minimum absolute atomic E-state index is 0.548. The van der Waals surface area contributed by atoms with Crippen LogP contribution in [0.3, 0.4) is 0 Å². The summed E-state index contributed by atoms with van der Waals surface area (Å²) in [5.74, 6) is 2.75. The van der Waals surface area contributed by atoms with Crippen LogP contribution in [-0.4, -0.2) is 32.1 Å². The van der Waals surface area contributed by atoms with Gasteiger partial charge in [-0.25, -0.2) is 4.98 Å². The zero-order valence-corrected chi connectivity index (χ0v) is 21.8. The first-order valence-electron chi connectivity index (χ1n) is 11.6. The Hall–Kier alpha value is -4.29. The van der Waals surface area contributed by atoms with E-state index < -0.39 is 6.10 Å². The third-order valence-corrected chi connectivity index (χ3v) is 6.10. The highest BCUT2D eigenvalue weighted by Crippen LogP contribution is 2.35. The highest BCUT2D eigenvalue weighted by Gasteiger charge is 2.12. The lowest BCUT2D eigenvalue weighted by molar-refractivity contribution is -0.113. The molecule has 1 unspecified atom stereocenters. The smallest absolute Gasteiger partial charge is 0.181 e. The van der Waals surface area contributed by atoms with Crippen LogP contribution in [-0.2, 0) is 4.79 Å². The van der Waals surface area contributed by atoms with Crippen LogP contribution in [0.2, 0.25) is 0 Å². The molecule has 3 aromatic carbocycles. The SMILES string of the molecule is CCCCOc1ccc(OC(C=O)c2ccc(C#N)cc2)cc1.COc1cc2nc(N)sc2cc1OC. The molecule has 0 saturated heterocycles. The Morgan fingerprint density at radius 2 is 1.68 bits per heavy atom. The highest BCUT2D eigenvalue weighted by molar-refractivity contribution is 7.22. The van der Waals surface area contributed by atoms with E-state index in [1.54, 1.807) is 50.6 Å². The molecule has 9 heteroatoms. The fourth-order valence-electron chi connectivity index (χ4n) is 3.29. The van der Waals surface area contributed by atoms with Crippen LogP contribution in [0.25, 0.3) is 10.2 Å². The normalized spacial score (nSPS) is 11.0. The van der Waals surface area contributed by atoms with E-state index >= 15 is 0 Å². The van der Waals surface area contributed by atoms with Gasteiger partial charge in [-0.05, 0) is 48.4 Å². The van der Waals surface area contributed by atoms with Crippen LogP contribution < -0.4 is 24.7 Å². The Bertz CT molecular complexity index is 1290. The van der Waals surface area contributed by atoms with Crippen LogP contribution in [0, 0.1) is 11.3 Å². The average molecular weight is 520 g/mol. The predicted octanol–water partition coefficient (Wildman–Crippen LogP) is 5.95. The summed E-state index contributed by atoms with van der Waals surface area (Å²) < 4.78 is 22.6. The van der Waals surface area contributed by atoms with E-state index in [9.17, 15) is 4.79 Å². The average Bonchev–Trinajstić information content (AvgIpc) is 3.31. The van der Waals surface area contributed by atoms with Crippen molar-refractivity contribution in [3.05, 3.63) is 71.8 Å². The van der Waals surface area contributed by atoms with Gasteiger partial charge in [0, 0.05) is 12.1 Å². The number of nitrogens with zero attached hydrogens (tertiary/aromatic N) is 2. The summed E-state index contributed by atoms with van der Waals surface area (Å²) in [4.78, 5) is 15.4. The molecule has 0 amide bonds. The summed E-state index contributed by atoms with van der Waals surface area (Å²) in [5.41, 5.74) is 7.70. The van der Waals surface area contributed by atoms with Gasteiger partial charge in [0.05, 0.1) is 42.7 Å². The van der Waals surface area contributed by atoms with Crippen molar-refractivity contribution in [2.24, 2.45) is 0 Å². The number of aromatic nitrogens is 1. The molecule has 1 aromatic heterocycles. The van der Waals surface area contributed by atoms with Gasteiger partial charge < -0.3 is 24.7 Å². The molecule has 0 aliphatic rings. The van der Waals surface area contributed by atoms with Crippen molar-refractivity contribution in [3.63, 3.8) is 0 Å². The number of carbonyl (C=O) groups is 1. The molecule has 37 heavy (non-hydrogen) atoms. The van der Waals surface area contributed by atoms with E-state index in [0.29, 0.717) is 40.1 Å². The zero-order chi connectivity index (χ0) is 26.6. The molecule has 192 valence electrons. The second kappa shape index (κ2) is 13.7. The molecule has 0 radical (unpaired) electrons. The van der Waals surface area contributed by atoms with Gasteiger partial charge >= 0.3 is 0 Å². The number of benzene rings is 3. The van der Waals surface area contributed by atoms with Crippen molar-refractivity contribution < 1.29 is 23.7 Å². The summed E-state index contributed by atoms with van der Waals surface area (Å²) in [6.07, 6.45) is 2.15. The monoisotopic (exact) mass is 519 g/mol. The number of anilines is 1. The molecule has 1 atom stereocenters. The van der Waals surface area contributed by atoms with Crippen LogP contribution >= 0.6 is 11.3 Å². The van der Waals surface area contributed by atoms with Crippen molar-refractivity contribution in [3.8, 4) is 29.1 Å². The maximum absolute atomic E-state index is 11.3. The van der Waals surface area contributed by atoms with E-state index in [-0.39, 0.29) is 0 Å². The largest absolute Gasteiger partial charge is 0.494 e. The molecule has 0 bridgehead atoms. The number of nitriles is 1. The zero-order valence-electron chi connectivity index (χ0n) is 21.0. The number of unbranched alkanes of at least 4 members (excludes halogenated alkanes) is 1. The number of thiazole rings is 1. The summed E-state index contributed by atoms with van der Waals surface area (Å²) in [5, 5.41) is 9.35. The second-order valence-electron chi connectivity index (χ2n) is 7.81. The Balaban J connectivity index is 0.000000231. The minimum atomic E-state index is -0.699. The lowest BCUT2D eigenvalue weighted by atomic mass is 10.1. The Morgan fingerprint density at radius 3 is 2.27 bits per heavy atom. The fourth-order valence-corrected chi connectivity index (χ4v) is 4.03. The van der Waals surface area contributed by atoms with Crippen molar-refractivity contribution in [1.29, 1.82) is 5.26 Å². The molecule has 0 aliphatic carbocycles. The fraction of sp³-hybridized carbons (Fsp3) is 0.250. The lowest BCUT2D eigenvalue weighted by Gasteiger charge is -2.14. The maximum atomic E-state index is 11.3. The number of carbonyl (C=O) groups excluding carboxylic acids is 1. The Morgan fingerprint density at radius 1 is 1.03 bits per heavy atom. The summed E-state index contributed by atoms with van der Waals surface area (Å²) >= 11 is 1.43. The molecule has 2 N–H and O–H groups in total. The molecule has 0 saturated carbocycles. The third-order valence-electron chi connectivity index (χ3n) is 5.26. The molecule has 4 rings (SSSR count). The molecule has 0 aliphatic heterocycles. The number of rotatable bonds is 10. The first kappa shape index (κ1) is 27.3. The number of methoxy groups -OCH3 is 2. The second-order valence-corrected chi connectivity index (χ2v) is 8.87. The number of fused-ring (bicyclic) bond motifs is 1. The predicted molar refractivity (Wildman–Crippen MR) is 145 cm³/mol. The maximum Gasteiger partial charge on any atom is 0.181 e. The van der Waals surface area contributed by atoms with Crippen molar-refractivity contribution in [2.45, 2.75) is 25.9 Å². The molecule has 4 aromatic rings. The van der Waals surface area contributed by atoms with Crippen molar-refractivity contribution in [1.82, 2.24) is 4.98 Å². The van der Waals surface area contributed by atoms with E-state index in [1.807, 2.05) is 30.3 Å². The van der Waals surface area contributed by atoms with Gasteiger partial charge in [-0.2, -0.15) is 5.26 Å². The number of hydrogen-bond donors (Lipinski definition) is 1. The van der Waals surface area contributed by atoms with Gasteiger partial charge in [-0.1, -0.05) is 36.8 Å². The van der Waals surface area contributed by atoms with Crippen molar-refractivity contribution in [2.75, 3.05) is 26.6 Å². The Kier molecular flexibility index (Phi) is 10.1. The standard InChI is InChI=1S/C19H19NO3.C9H10N2O2S/c1-2-3-12-22-17-8-10-18(11-9-17)23-19(14-21)16-6-4-15(13-20)5-7-16;1-12-6-3-5-8(4-7(6)13-2)14-9(10)11-5/h4-11,14,19H,2-3,12H2,1H3;3-4H,1-2H3,(H2,10,11). The van der Waals surface area contributed by atoms with Crippen LogP contribution in [0.4, 0.5) is 5.13 Å². The lowest BCUT2D eigenvalue weighted by Crippen LogP contribution is -2.09. The number of nitrogens with two attached hydrogens (primary N) is 1. The molecular weight excluding hydrogens is 490 g/mol. The minimum Gasteiger partial charge on any atom is -0.494 e. The molecule has 1 heterocycles. The van der Waals surface area contributed by atoms with Gasteiger partial charge in [-0.15, -0.1) is 0 Å². The third kappa shape index (κ3) is 7.59. The molecule has 0 spiro atoms. The van der Waals surface area contributed by atoms with E-state index in [2.05, 4.69) is 11.9 Å². The van der Waals surface area contributed by atoms with Crippen molar-refractivity contribution >= 4 is 33.0 Å². The van der Waals surface area contributed by atoms with Gasteiger partial charge in [0.1, 0.15) is 11.5 Å². The highest BCUT2D eigenvalue weighted by atomic mass is 32.1. The van der Waals surface area contributed by atoms with Gasteiger partial charge in [0.2, 0.25) is 0 Å². The number of hydrogen-bond acceptors (Lipinski definition) is 9. The van der Waals surface area contributed by atoms with E-state index in [0.717, 1.165) is 35.1 Å². The van der Waals surface area contributed by atoms with Crippen LogP contribution in [0.15, 0.2) is 60.7 Å². The summed E-state index contributed by atoms with van der Waals surface area (Å²) in [6, 6.07) is 19.7. The van der Waals surface area contributed by atoms with Gasteiger partial charge in [0.25, 0.3) is 0 Å². The van der Waals surface area contributed by atoms with E-state index in [1.165, 1.54) is 11.3 Å². The molecular formula is C28H29N3O5S. The molecule has 0 fully saturated rings. The number of nitrogen functional groups attached to an aromatic ring is 1. The quantitative estimate of drug-likeness (QED) is 0.202. The summed E-state index contributed by atoms with van der Waals surface area (Å²) in [7, 11) is 3.20. The number of aldehydes is 1. The first-order valence-corrected chi connectivity index (χ1v) is 12.5. The first-order chi connectivity index (χ1) is 18.0. The topological polar surface area (TPSA) is 117 Å². The van der Waals surface area contributed by atoms with Gasteiger partial charge in [-0.3, -0.25) is 4.79 Å². The van der Waals surface area contributed by atoms with Crippen LogP contribution in [0.5, 0.6) is 23.0 Å². The molecule has 8 nitrogen and oxygen atoms in total. The van der Waals surface area contributed by atoms with E-state index in [4.69, 9.17) is 29.9 Å².